The lowest BCUT2D eigenvalue weighted by atomic mass is 10.0. The van der Waals surface area contributed by atoms with E-state index >= 15 is 0 Å². The van der Waals surface area contributed by atoms with Crippen molar-refractivity contribution in [2.24, 2.45) is 0 Å². The summed E-state index contributed by atoms with van der Waals surface area (Å²) >= 11 is 2.84. The number of hydrogen-bond acceptors (Lipinski definition) is 4. The summed E-state index contributed by atoms with van der Waals surface area (Å²) in [4.78, 5) is 24.9. The number of thioether (sulfide) groups is 2. The number of rotatable bonds is 0. The molecule has 1 aromatic carbocycles. The Kier molecular flexibility index (Phi) is 3.18. The van der Waals surface area contributed by atoms with Gasteiger partial charge in [-0.1, -0.05) is 18.2 Å². The van der Waals surface area contributed by atoms with E-state index in [2.05, 4.69) is 11.4 Å². The number of nitrogens with one attached hydrogen (secondary N) is 1. The monoisotopic (exact) mass is 277 g/mol. The molecular weight excluding hydrogens is 266 g/mol. The predicted octanol–water partition coefficient (Wildman–Crippen LogP) is 3.27. The molecule has 2 heterocycles. The van der Waals surface area contributed by atoms with Crippen LogP contribution in [0.4, 0.5) is 4.79 Å². The van der Waals surface area contributed by atoms with E-state index in [4.69, 9.17) is 0 Å². The molecule has 0 unspecified atom stereocenters. The average Bonchev–Trinajstić information content (AvgIpc) is 2.60. The molecule has 0 radical (unpaired) electrons. The maximum atomic E-state index is 11.8. The summed E-state index contributed by atoms with van der Waals surface area (Å²) < 4.78 is 0. The van der Waals surface area contributed by atoms with Crippen molar-refractivity contribution in [1.82, 2.24) is 5.32 Å². The van der Waals surface area contributed by atoms with Crippen LogP contribution < -0.4 is 5.32 Å². The van der Waals surface area contributed by atoms with E-state index in [1.807, 2.05) is 30.0 Å². The first-order valence-electron chi connectivity index (χ1n) is 5.74. The minimum absolute atomic E-state index is 0.248. The van der Waals surface area contributed by atoms with Gasteiger partial charge in [0, 0.05) is 4.90 Å². The van der Waals surface area contributed by atoms with Gasteiger partial charge in [0.05, 0.1) is 4.91 Å². The highest BCUT2D eigenvalue weighted by atomic mass is 32.2. The van der Waals surface area contributed by atoms with E-state index in [1.165, 1.54) is 4.90 Å². The molecule has 1 saturated heterocycles. The quantitative estimate of drug-likeness (QED) is 0.739. The number of benzene rings is 1. The van der Waals surface area contributed by atoms with Crippen molar-refractivity contribution in [1.29, 1.82) is 0 Å². The summed E-state index contributed by atoms with van der Waals surface area (Å²) in [6, 6.07) is 8.09. The Morgan fingerprint density at radius 3 is 2.78 bits per heavy atom. The SMILES string of the molecule is O=C1NC(=O)/C(=C2\CCCSc3ccccc32)S1. The predicted molar refractivity (Wildman–Crippen MR) is 74.4 cm³/mol. The number of fused-ring (bicyclic) bond motifs is 1. The third-order valence-corrected chi connectivity index (χ3v) is 5.01. The number of hydrogen-bond donors (Lipinski definition) is 1. The van der Waals surface area contributed by atoms with Gasteiger partial charge < -0.3 is 0 Å². The highest BCUT2D eigenvalue weighted by Crippen LogP contribution is 2.41. The second-order valence-corrected chi connectivity index (χ2v) is 6.22. The van der Waals surface area contributed by atoms with Gasteiger partial charge in [0.2, 0.25) is 0 Å². The minimum atomic E-state index is -0.267. The zero-order valence-electron chi connectivity index (χ0n) is 9.56. The molecule has 3 nitrogen and oxygen atoms in total. The molecule has 0 saturated carbocycles. The van der Waals surface area contributed by atoms with Gasteiger partial charge in [-0.25, -0.2) is 0 Å². The molecule has 0 spiro atoms. The molecule has 1 fully saturated rings. The fraction of sp³-hybridized carbons (Fsp3) is 0.231. The van der Waals surface area contributed by atoms with Crippen molar-refractivity contribution >= 4 is 40.2 Å². The zero-order chi connectivity index (χ0) is 12.5. The number of carbonyl (C=O) groups is 2. The molecule has 0 bridgehead atoms. The molecule has 1 aromatic rings. The minimum Gasteiger partial charge on any atom is -0.282 e. The lowest BCUT2D eigenvalue weighted by molar-refractivity contribution is -0.115. The molecule has 0 aromatic heterocycles. The van der Waals surface area contributed by atoms with Crippen LogP contribution in [0.2, 0.25) is 0 Å². The lowest BCUT2D eigenvalue weighted by Gasteiger charge is -2.09. The highest BCUT2D eigenvalue weighted by molar-refractivity contribution is 8.18. The molecule has 92 valence electrons. The molecule has 0 aliphatic carbocycles. The Balaban J connectivity index is 2.15. The smallest absolute Gasteiger partial charge is 0.282 e. The first-order chi connectivity index (χ1) is 8.75. The molecule has 0 atom stereocenters. The molecule has 2 amide bonds. The normalized spacial score (nSPS) is 23.6. The van der Waals surface area contributed by atoms with Crippen LogP contribution in [0, 0.1) is 0 Å². The van der Waals surface area contributed by atoms with E-state index < -0.39 is 0 Å². The van der Waals surface area contributed by atoms with Crippen LogP contribution in [0.3, 0.4) is 0 Å². The Morgan fingerprint density at radius 2 is 2.00 bits per heavy atom. The molecule has 2 aliphatic heterocycles. The Morgan fingerprint density at radius 1 is 1.17 bits per heavy atom. The van der Waals surface area contributed by atoms with E-state index in [0.29, 0.717) is 4.91 Å². The van der Waals surface area contributed by atoms with Crippen molar-refractivity contribution in [3.05, 3.63) is 34.7 Å². The first kappa shape index (κ1) is 11.9. The van der Waals surface area contributed by atoms with Crippen molar-refractivity contribution in [2.75, 3.05) is 5.75 Å². The van der Waals surface area contributed by atoms with Crippen LogP contribution in [0.15, 0.2) is 34.1 Å². The first-order valence-corrected chi connectivity index (χ1v) is 7.54. The van der Waals surface area contributed by atoms with E-state index in [-0.39, 0.29) is 11.1 Å². The topological polar surface area (TPSA) is 46.2 Å². The number of imide groups is 1. The van der Waals surface area contributed by atoms with Crippen molar-refractivity contribution in [3.63, 3.8) is 0 Å². The van der Waals surface area contributed by atoms with Crippen LogP contribution in [-0.2, 0) is 4.79 Å². The average molecular weight is 277 g/mol. The summed E-state index contributed by atoms with van der Waals surface area (Å²) in [5, 5.41) is 2.07. The molecule has 3 rings (SSSR count). The molecular formula is C13H11NO2S2. The maximum absolute atomic E-state index is 11.8. The fourth-order valence-corrected chi connectivity index (χ4v) is 3.99. The third kappa shape index (κ3) is 2.08. The Bertz CT molecular complexity index is 566. The van der Waals surface area contributed by atoms with Crippen molar-refractivity contribution in [2.45, 2.75) is 17.7 Å². The van der Waals surface area contributed by atoms with Crippen LogP contribution in [0.25, 0.3) is 5.57 Å². The van der Waals surface area contributed by atoms with Gasteiger partial charge in [-0.3, -0.25) is 14.9 Å². The molecule has 1 N–H and O–H groups in total. The zero-order valence-corrected chi connectivity index (χ0v) is 11.2. The summed E-state index contributed by atoms with van der Waals surface area (Å²) in [6.07, 6.45) is 1.88. The largest absolute Gasteiger partial charge is 0.290 e. The van der Waals surface area contributed by atoms with E-state index in [9.17, 15) is 9.59 Å². The summed E-state index contributed by atoms with van der Waals surface area (Å²) in [5.74, 6) is 0.801. The van der Waals surface area contributed by atoms with Gasteiger partial charge in [0.1, 0.15) is 0 Å². The van der Waals surface area contributed by atoms with Gasteiger partial charge >= 0.3 is 0 Å². The highest BCUT2D eigenvalue weighted by Gasteiger charge is 2.30. The van der Waals surface area contributed by atoms with Crippen LogP contribution >= 0.6 is 23.5 Å². The second kappa shape index (κ2) is 4.82. The number of amides is 2. The van der Waals surface area contributed by atoms with Gasteiger partial charge in [-0.05, 0) is 47.6 Å². The maximum Gasteiger partial charge on any atom is 0.290 e. The van der Waals surface area contributed by atoms with E-state index in [1.54, 1.807) is 0 Å². The van der Waals surface area contributed by atoms with Gasteiger partial charge in [0.15, 0.2) is 0 Å². The number of carbonyl (C=O) groups excluding carboxylic acids is 2. The summed E-state index contributed by atoms with van der Waals surface area (Å²) in [6.45, 7) is 0. The van der Waals surface area contributed by atoms with Crippen molar-refractivity contribution in [3.8, 4) is 0 Å². The molecule has 18 heavy (non-hydrogen) atoms. The third-order valence-electron chi connectivity index (χ3n) is 2.93. The van der Waals surface area contributed by atoms with Gasteiger partial charge in [0.25, 0.3) is 11.1 Å². The standard InChI is InChI=1S/C13H11NO2S2/c15-12-11(18-13(16)14-12)9-5-3-7-17-10-6-2-1-4-8(9)10/h1-2,4,6H,3,5,7H2,(H,14,15,16)/b11-9-. The second-order valence-electron chi connectivity index (χ2n) is 4.10. The Hall–Kier alpha value is -1.20. The van der Waals surface area contributed by atoms with Crippen molar-refractivity contribution < 1.29 is 9.59 Å². The van der Waals surface area contributed by atoms with Crippen LogP contribution in [0.1, 0.15) is 18.4 Å². The summed E-state index contributed by atoms with van der Waals surface area (Å²) in [5.41, 5.74) is 2.12. The van der Waals surface area contributed by atoms with Gasteiger partial charge in [-0.2, -0.15) is 0 Å². The lowest BCUT2D eigenvalue weighted by Crippen LogP contribution is -2.18. The van der Waals surface area contributed by atoms with Crippen LogP contribution in [-0.4, -0.2) is 16.9 Å². The summed E-state index contributed by atoms with van der Waals surface area (Å²) in [7, 11) is 0. The molecule has 2 aliphatic rings. The number of allylic oxidation sites excluding steroid dienone is 1. The van der Waals surface area contributed by atoms with Crippen LogP contribution in [0.5, 0.6) is 0 Å². The van der Waals surface area contributed by atoms with E-state index in [0.717, 1.165) is 41.5 Å². The molecule has 5 heteroatoms. The Labute approximate surface area is 113 Å². The van der Waals surface area contributed by atoms with Gasteiger partial charge in [-0.15, -0.1) is 11.8 Å². The fourth-order valence-electron chi connectivity index (χ4n) is 2.16.